The molecule has 0 heterocycles. The third-order valence-corrected chi connectivity index (χ3v) is 4.06. The number of rotatable bonds is 5. The molecular weight excluding hydrogens is 250 g/mol. The smallest absolute Gasteiger partial charge is 0.260 e. The molecular formula is C17H25NO2. The standard InChI is InChI=1S/C17H25NO2/c1-13-8-6-7-11-16(13)20-14(2)17(19)18-12-15-9-4-3-5-10-15/h6-8,11,14-15H,3-5,9-10,12H2,1-2H3,(H,18,19)/t14-/m0/s1. The minimum atomic E-state index is -0.445. The number of nitrogens with one attached hydrogen (secondary N) is 1. The molecule has 1 atom stereocenters. The molecule has 1 aliphatic carbocycles. The van der Waals surface area contributed by atoms with Gasteiger partial charge in [-0.2, -0.15) is 0 Å². The van der Waals surface area contributed by atoms with E-state index in [-0.39, 0.29) is 5.91 Å². The van der Waals surface area contributed by atoms with Gasteiger partial charge in [-0.25, -0.2) is 0 Å². The first-order chi connectivity index (χ1) is 9.66. The van der Waals surface area contributed by atoms with Crippen LogP contribution in [0.3, 0.4) is 0 Å². The molecule has 110 valence electrons. The van der Waals surface area contributed by atoms with Gasteiger partial charge in [-0.05, 0) is 44.2 Å². The van der Waals surface area contributed by atoms with E-state index in [0.717, 1.165) is 17.9 Å². The molecule has 1 aliphatic rings. The van der Waals surface area contributed by atoms with E-state index in [1.54, 1.807) is 0 Å². The molecule has 0 aliphatic heterocycles. The quantitative estimate of drug-likeness (QED) is 0.893. The largest absolute Gasteiger partial charge is 0.481 e. The highest BCUT2D eigenvalue weighted by Crippen LogP contribution is 2.23. The minimum Gasteiger partial charge on any atom is -0.481 e. The molecule has 1 fully saturated rings. The van der Waals surface area contributed by atoms with Crippen molar-refractivity contribution in [3.63, 3.8) is 0 Å². The predicted octanol–water partition coefficient (Wildman–Crippen LogP) is 3.46. The Morgan fingerprint density at radius 1 is 1.30 bits per heavy atom. The highest BCUT2D eigenvalue weighted by atomic mass is 16.5. The first-order valence-corrected chi connectivity index (χ1v) is 7.67. The first kappa shape index (κ1) is 14.9. The van der Waals surface area contributed by atoms with Crippen molar-refractivity contribution < 1.29 is 9.53 Å². The fourth-order valence-corrected chi connectivity index (χ4v) is 2.71. The molecule has 3 nitrogen and oxygen atoms in total. The van der Waals surface area contributed by atoms with Crippen LogP contribution in [-0.2, 0) is 4.79 Å². The summed E-state index contributed by atoms with van der Waals surface area (Å²) in [6, 6.07) is 7.78. The fourth-order valence-electron chi connectivity index (χ4n) is 2.71. The lowest BCUT2D eigenvalue weighted by Crippen LogP contribution is -2.39. The summed E-state index contributed by atoms with van der Waals surface area (Å²) in [5, 5.41) is 3.03. The lowest BCUT2D eigenvalue weighted by atomic mass is 9.89. The van der Waals surface area contributed by atoms with Gasteiger partial charge in [0.2, 0.25) is 0 Å². The zero-order valence-corrected chi connectivity index (χ0v) is 12.5. The van der Waals surface area contributed by atoms with Crippen LogP contribution in [0.15, 0.2) is 24.3 Å². The Morgan fingerprint density at radius 3 is 2.70 bits per heavy atom. The highest BCUT2D eigenvalue weighted by molar-refractivity contribution is 5.80. The van der Waals surface area contributed by atoms with Crippen LogP contribution in [0.2, 0.25) is 0 Å². The zero-order valence-electron chi connectivity index (χ0n) is 12.5. The van der Waals surface area contributed by atoms with E-state index in [1.165, 1.54) is 32.1 Å². The van der Waals surface area contributed by atoms with E-state index in [9.17, 15) is 4.79 Å². The number of benzene rings is 1. The summed E-state index contributed by atoms with van der Waals surface area (Å²) in [7, 11) is 0. The molecule has 2 rings (SSSR count). The Hall–Kier alpha value is -1.51. The van der Waals surface area contributed by atoms with Crippen molar-refractivity contribution in [1.29, 1.82) is 0 Å². The maximum absolute atomic E-state index is 12.1. The highest BCUT2D eigenvalue weighted by Gasteiger charge is 2.18. The van der Waals surface area contributed by atoms with E-state index >= 15 is 0 Å². The molecule has 1 N–H and O–H groups in total. The van der Waals surface area contributed by atoms with Gasteiger partial charge in [0, 0.05) is 6.54 Å². The number of hydrogen-bond acceptors (Lipinski definition) is 2. The van der Waals surface area contributed by atoms with Crippen molar-refractivity contribution in [3.05, 3.63) is 29.8 Å². The lowest BCUT2D eigenvalue weighted by molar-refractivity contribution is -0.127. The number of carbonyl (C=O) groups is 1. The van der Waals surface area contributed by atoms with Crippen molar-refractivity contribution in [3.8, 4) is 5.75 Å². The Labute approximate surface area is 121 Å². The van der Waals surface area contributed by atoms with Crippen molar-refractivity contribution in [2.45, 2.75) is 52.1 Å². The Kier molecular flexibility index (Phi) is 5.45. The second kappa shape index (κ2) is 7.32. The van der Waals surface area contributed by atoms with Crippen molar-refractivity contribution in [2.24, 2.45) is 5.92 Å². The molecule has 1 amide bonds. The topological polar surface area (TPSA) is 38.3 Å². The van der Waals surface area contributed by atoms with Crippen molar-refractivity contribution in [2.75, 3.05) is 6.54 Å². The average molecular weight is 275 g/mol. The van der Waals surface area contributed by atoms with Gasteiger partial charge >= 0.3 is 0 Å². The summed E-state index contributed by atoms with van der Waals surface area (Å²) < 4.78 is 5.73. The molecule has 0 spiro atoms. The van der Waals surface area contributed by atoms with Gasteiger partial charge in [0.15, 0.2) is 6.10 Å². The SMILES string of the molecule is Cc1ccccc1O[C@@H](C)C(=O)NCC1CCCCC1. The minimum absolute atomic E-state index is 0.0150. The van der Waals surface area contributed by atoms with Gasteiger partial charge in [0.25, 0.3) is 5.91 Å². The molecule has 1 aromatic carbocycles. The molecule has 1 saturated carbocycles. The summed E-state index contributed by atoms with van der Waals surface area (Å²) in [5.74, 6) is 1.42. The number of para-hydroxylation sites is 1. The second-order valence-corrected chi connectivity index (χ2v) is 5.77. The molecule has 0 unspecified atom stereocenters. The van der Waals surface area contributed by atoms with Crippen LogP contribution in [-0.4, -0.2) is 18.6 Å². The third-order valence-electron chi connectivity index (χ3n) is 4.06. The summed E-state index contributed by atoms with van der Waals surface area (Å²) in [5.41, 5.74) is 1.06. The van der Waals surface area contributed by atoms with Crippen LogP contribution in [0.25, 0.3) is 0 Å². The van der Waals surface area contributed by atoms with E-state index in [4.69, 9.17) is 4.74 Å². The molecule has 3 heteroatoms. The van der Waals surface area contributed by atoms with Crippen molar-refractivity contribution in [1.82, 2.24) is 5.32 Å². The predicted molar refractivity (Wildman–Crippen MR) is 80.9 cm³/mol. The maximum Gasteiger partial charge on any atom is 0.260 e. The first-order valence-electron chi connectivity index (χ1n) is 7.67. The van der Waals surface area contributed by atoms with Gasteiger partial charge < -0.3 is 10.1 Å². The van der Waals surface area contributed by atoms with Crippen LogP contribution in [0, 0.1) is 12.8 Å². The molecule has 20 heavy (non-hydrogen) atoms. The normalized spacial score (nSPS) is 17.5. The Bertz CT molecular complexity index is 438. The third kappa shape index (κ3) is 4.26. The van der Waals surface area contributed by atoms with Crippen LogP contribution in [0.4, 0.5) is 0 Å². The van der Waals surface area contributed by atoms with Gasteiger partial charge in [-0.15, -0.1) is 0 Å². The van der Waals surface area contributed by atoms with Gasteiger partial charge in [-0.1, -0.05) is 37.5 Å². The second-order valence-electron chi connectivity index (χ2n) is 5.77. The number of aryl methyl sites for hydroxylation is 1. The zero-order chi connectivity index (χ0) is 14.4. The van der Waals surface area contributed by atoms with Crippen LogP contribution < -0.4 is 10.1 Å². The van der Waals surface area contributed by atoms with E-state index < -0.39 is 6.10 Å². The van der Waals surface area contributed by atoms with E-state index in [0.29, 0.717) is 5.92 Å². The Morgan fingerprint density at radius 2 is 2.00 bits per heavy atom. The summed E-state index contributed by atoms with van der Waals surface area (Å²) in [6.45, 7) is 4.59. The molecule has 0 aromatic heterocycles. The molecule has 0 bridgehead atoms. The molecule has 0 radical (unpaired) electrons. The van der Waals surface area contributed by atoms with Crippen molar-refractivity contribution >= 4 is 5.91 Å². The van der Waals surface area contributed by atoms with Crippen LogP contribution in [0.1, 0.15) is 44.6 Å². The summed E-state index contributed by atoms with van der Waals surface area (Å²) >= 11 is 0. The number of ether oxygens (including phenoxy) is 1. The number of hydrogen-bond donors (Lipinski definition) is 1. The maximum atomic E-state index is 12.1. The monoisotopic (exact) mass is 275 g/mol. The van der Waals surface area contributed by atoms with Gasteiger partial charge in [-0.3, -0.25) is 4.79 Å². The van der Waals surface area contributed by atoms with Crippen LogP contribution in [0.5, 0.6) is 5.75 Å². The van der Waals surface area contributed by atoms with E-state index in [2.05, 4.69) is 5.32 Å². The molecule has 0 saturated heterocycles. The van der Waals surface area contributed by atoms with E-state index in [1.807, 2.05) is 38.1 Å². The number of carbonyl (C=O) groups excluding carboxylic acids is 1. The van der Waals surface area contributed by atoms with Gasteiger partial charge in [0.05, 0.1) is 0 Å². The number of amides is 1. The lowest BCUT2D eigenvalue weighted by Gasteiger charge is -2.23. The summed E-state index contributed by atoms with van der Waals surface area (Å²) in [6.07, 6.45) is 5.99. The van der Waals surface area contributed by atoms with Gasteiger partial charge in [0.1, 0.15) is 5.75 Å². The average Bonchev–Trinajstić information content (AvgIpc) is 2.48. The fraction of sp³-hybridized carbons (Fsp3) is 0.588. The van der Waals surface area contributed by atoms with Crippen LogP contribution >= 0.6 is 0 Å². The Balaban J connectivity index is 1.78. The summed E-state index contributed by atoms with van der Waals surface area (Å²) in [4.78, 5) is 12.1. The molecule has 1 aromatic rings.